The molecule has 0 amide bonds. The van der Waals surface area contributed by atoms with Crippen molar-refractivity contribution in [3.63, 3.8) is 0 Å². The zero-order chi connectivity index (χ0) is 14.4. The molecule has 0 aliphatic rings. The summed E-state index contributed by atoms with van der Waals surface area (Å²) in [7, 11) is 0. The topological polar surface area (TPSA) is 50.4 Å². The molecule has 3 aromatic rings. The van der Waals surface area contributed by atoms with Crippen molar-refractivity contribution in [2.45, 2.75) is 6.43 Å². The second kappa shape index (κ2) is 4.26. The number of fused-ring (bicyclic) bond motifs is 3. The number of rotatable bonds is 1. The molecule has 20 heavy (non-hydrogen) atoms. The van der Waals surface area contributed by atoms with Crippen LogP contribution in [0.25, 0.3) is 21.7 Å². The molecule has 3 nitrogen and oxygen atoms in total. The van der Waals surface area contributed by atoms with Crippen molar-refractivity contribution in [3.8, 4) is 5.75 Å². The van der Waals surface area contributed by atoms with Gasteiger partial charge in [0.25, 0.3) is 6.43 Å². The first-order valence-corrected chi connectivity index (χ1v) is 5.64. The van der Waals surface area contributed by atoms with Gasteiger partial charge in [0.15, 0.2) is 0 Å². The van der Waals surface area contributed by atoms with Gasteiger partial charge in [-0.15, -0.1) is 0 Å². The van der Waals surface area contributed by atoms with E-state index in [2.05, 4.69) is 0 Å². The first-order chi connectivity index (χ1) is 9.47. The van der Waals surface area contributed by atoms with Gasteiger partial charge in [0.1, 0.15) is 17.1 Å². The van der Waals surface area contributed by atoms with Crippen molar-refractivity contribution in [1.82, 2.24) is 0 Å². The molecule has 0 fully saturated rings. The fourth-order valence-electron chi connectivity index (χ4n) is 2.12. The number of halogens is 3. The summed E-state index contributed by atoms with van der Waals surface area (Å²) in [5, 5.41) is 9.73. The average Bonchev–Trinajstić information content (AvgIpc) is 2.37. The maximum absolute atomic E-state index is 13.6. The van der Waals surface area contributed by atoms with Gasteiger partial charge >= 0.3 is 5.63 Å². The van der Waals surface area contributed by atoms with Gasteiger partial charge < -0.3 is 9.52 Å². The zero-order valence-corrected chi connectivity index (χ0v) is 9.86. The predicted molar refractivity (Wildman–Crippen MR) is 66.6 cm³/mol. The van der Waals surface area contributed by atoms with Gasteiger partial charge in [-0.25, -0.2) is 18.0 Å². The number of benzene rings is 2. The van der Waals surface area contributed by atoms with Crippen molar-refractivity contribution in [2.24, 2.45) is 0 Å². The molecular weight excluding hydrogens is 273 g/mol. The van der Waals surface area contributed by atoms with Crippen LogP contribution in [-0.4, -0.2) is 5.11 Å². The summed E-state index contributed by atoms with van der Waals surface area (Å²) in [6.07, 6.45) is -3.02. The summed E-state index contributed by atoms with van der Waals surface area (Å²) in [5.74, 6) is -1.21. The molecule has 0 aliphatic carbocycles. The minimum Gasteiger partial charge on any atom is -0.508 e. The Kier molecular flexibility index (Phi) is 2.67. The maximum atomic E-state index is 13.6. The fraction of sp³-hybridized carbons (Fsp3) is 0.0714. The summed E-state index contributed by atoms with van der Waals surface area (Å²) < 4.78 is 43.9. The molecule has 1 N–H and O–H groups in total. The highest BCUT2D eigenvalue weighted by Crippen LogP contribution is 2.30. The molecule has 1 aromatic heterocycles. The standard InChI is InChI=1S/C14H7F3O3/c15-11-5-8-7-2-1-6(18)3-12(7)20-14(19)9(8)4-10(11)13(16)17/h1-5,13,18H. The predicted octanol–water partition coefficient (Wildman–Crippen LogP) is 3.73. The summed E-state index contributed by atoms with van der Waals surface area (Å²) in [5.41, 5.74) is -1.64. The molecule has 3 rings (SSSR count). The third-order valence-electron chi connectivity index (χ3n) is 3.05. The van der Waals surface area contributed by atoms with E-state index in [1.807, 2.05) is 0 Å². The Morgan fingerprint density at radius 2 is 1.80 bits per heavy atom. The molecule has 1 heterocycles. The normalized spacial score (nSPS) is 11.6. The second-order valence-corrected chi connectivity index (χ2v) is 4.29. The maximum Gasteiger partial charge on any atom is 0.344 e. The number of aromatic hydroxyl groups is 1. The van der Waals surface area contributed by atoms with Crippen molar-refractivity contribution in [2.75, 3.05) is 0 Å². The van der Waals surface area contributed by atoms with Crippen LogP contribution in [-0.2, 0) is 0 Å². The number of phenols is 1. The third kappa shape index (κ3) is 1.80. The molecule has 0 saturated heterocycles. The van der Waals surface area contributed by atoms with Crippen molar-refractivity contribution in [1.29, 1.82) is 0 Å². The average molecular weight is 280 g/mol. The van der Waals surface area contributed by atoms with E-state index < -0.39 is 23.4 Å². The van der Waals surface area contributed by atoms with Crippen LogP contribution >= 0.6 is 0 Å². The van der Waals surface area contributed by atoms with E-state index in [9.17, 15) is 23.1 Å². The Labute approximate surface area is 109 Å². The van der Waals surface area contributed by atoms with E-state index in [4.69, 9.17) is 4.42 Å². The largest absolute Gasteiger partial charge is 0.508 e. The van der Waals surface area contributed by atoms with E-state index >= 15 is 0 Å². The lowest BCUT2D eigenvalue weighted by Crippen LogP contribution is -2.02. The second-order valence-electron chi connectivity index (χ2n) is 4.29. The molecule has 0 aliphatic heterocycles. The van der Waals surface area contributed by atoms with Gasteiger partial charge in [0.05, 0.1) is 10.9 Å². The van der Waals surface area contributed by atoms with Gasteiger partial charge in [-0.1, -0.05) is 0 Å². The van der Waals surface area contributed by atoms with Crippen LogP contribution in [0.3, 0.4) is 0 Å². The van der Waals surface area contributed by atoms with Gasteiger partial charge in [-0.3, -0.25) is 0 Å². The summed E-state index contributed by atoms with van der Waals surface area (Å²) in [6, 6.07) is 5.65. The Morgan fingerprint density at radius 3 is 2.50 bits per heavy atom. The van der Waals surface area contributed by atoms with Crippen molar-refractivity contribution in [3.05, 3.63) is 52.1 Å². The fourth-order valence-corrected chi connectivity index (χ4v) is 2.12. The summed E-state index contributed by atoms with van der Waals surface area (Å²) in [6.45, 7) is 0. The van der Waals surface area contributed by atoms with E-state index in [0.717, 1.165) is 12.1 Å². The first kappa shape index (κ1) is 12.5. The molecular formula is C14H7F3O3. The first-order valence-electron chi connectivity index (χ1n) is 5.64. The Bertz CT molecular complexity index is 884. The van der Waals surface area contributed by atoms with Crippen LogP contribution in [0.15, 0.2) is 39.5 Å². The number of hydrogen-bond acceptors (Lipinski definition) is 3. The highest BCUT2D eigenvalue weighted by atomic mass is 19.3. The lowest BCUT2D eigenvalue weighted by Gasteiger charge is -2.06. The lowest BCUT2D eigenvalue weighted by molar-refractivity contribution is 0.146. The quantitative estimate of drug-likeness (QED) is 0.546. The Balaban J connectivity index is 2.50. The highest BCUT2D eigenvalue weighted by molar-refractivity contribution is 6.04. The Hall–Kier alpha value is -2.50. The zero-order valence-electron chi connectivity index (χ0n) is 9.86. The van der Waals surface area contributed by atoms with Crippen LogP contribution < -0.4 is 5.63 Å². The number of alkyl halides is 2. The van der Waals surface area contributed by atoms with E-state index in [-0.39, 0.29) is 22.1 Å². The minimum absolute atomic E-state index is 0.0618. The molecule has 102 valence electrons. The van der Waals surface area contributed by atoms with E-state index in [1.54, 1.807) is 0 Å². The molecule has 0 atom stereocenters. The SMILES string of the molecule is O=c1oc2cc(O)ccc2c2cc(F)c(C(F)F)cc12. The van der Waals surface area contributed by atoms with Crippen LogP contribution in [0.5, 0.6) is 5.75 Å². The summed E-state index contributed by atoms with van der Waals surface area (Å²) in [4.78, 5) is 11.8. The van der Waals surface area contributed by atoms with Gasteiger partial charge in [-0.2, -0.15) is 0 Å². The molecule has 0 bridgehead atoms. The van der Waals surface area contributed by atoms with Crippen molar-refractivity contribution >= 4 is 21.7 Å². The van der Waals surface area contributed by atoms with Gasteiger partial charge in [-0.05, 0) is 24.3 Å². The highest BCUT2D eigenvalue weighted by Gasteiger charge is 2.17. The van der Waals surface area contributed by atoms with Gasteiger partial charge in [0.2, 0.25) is 0 Å². The van der Waals surface area contributed by atoms with Crippen LogP contribution in [0, 0.1) is 5.82 Å². The van der Waals surface area contributed by atoms with Crippen LogP contribution in [0.4, 0.5) is 13.2 Å². The molecule has 6 heteroatoms. The number of hydrogen-bond donors (Lipinski definition) is 1. The van der Waals surface area contributed by atoms with Crippen molar-refractivity contribution < 1.29 is 22.7 Å². The summed E-state index contributed by atoms with van der Waals surface area (Å²) >= 11 is 0. The third-order valence-corrected chi connectivity index (χ3v) is 3.05. The van der Waals surface area contributed by atoms with Gasteiger partial charge in [0, 0.05) is 16.8 Å². The molecule has 0 unspecified atom stereocenters. The van der Waals surface area contributed by atoms with E-state index in [0.29, 0.717) is 5.39 Å². The number of phenolic OH excluding ortho intramolecular Hbond substituents is 1. The monoisotopic (exact) mass is 280 g/mol. The smallest absolute Gasteiger partial charge is 0.344 e. The molecule has 0 radical (unpaired) electrons. The molecule has 0 saturated carbocycles. The minimum atomic E-state index is -3.02. The van der Waals surface area contributed by atoms with E-state index in [1.165, 1.54) is 18.2 Å². The van der Waals surface area contributed by atoms with Crippen LogP contribution in [0.2, 0.25) is 0 Å². The lowest BCUT2D eigenvalue weighted by atomic mass is 10.0. The Morgan fingerprint density at radius 1 is 1.05 bits per heavy atom. The van der Waals surface area contributed by atoms with Crippen LogP contribution in [0.1, 0.15) is 12.0 Å². The molecule has 2 aromatic carbocycles. The molecule has 0 spiro atoms.